The van der Waals surface area contributed by atoms with E-state index in [1.165, 1.54) is 31.4 Å². The minimum Gasteiger partial charge on any atom is -0.496 e. The summed E-state index contributed by atoms with van der Waals surface area (Å²) in [6, 6.07) is 13.0. The fraction of sp³-hybridized carbons (Fsp3) is 0.333. The third-order valence-corrected chi connectivity index (χ3v) is 7.78. The molecule has 5 rings (SSSR count). The van der Waals surface area contributed by atoms with Gasteiger partial charge < -0.3 is 14.4 Å². The number of benzene rings is 3. The van der Waals surface area contributed by atoms with Crippen molar-refractivity contribution >= 4 is 29.2 Å². The number of nitrogens with zero attached hydrogens (tertiary/aromatic N) is 3. The second kappa shape index (κ2) is 11.5. The average molecular weight is 606 g/mol. The van der Waals surface area contributed by atoms with Crippen molar-refractivity contribution in [2.45, 2.75) is 18.4 Å². The van der Waals surface area contributed by atoms with E-state index in [0.29, 0.717) is 23.6 Å². The summed E-state index contributed by atoms with van der Waals surface area (Å²) in [7, 11) is 3.32. The first kappa shape index (κ1) is 29.8. The Bertz CT molecular complexity index is 1510. The molecule has 3 aromatic rings. The molecule has 2 aliphatic heterocycles. The van der Waals surface area contributed by atoms with E-state index in [1.54, 1.807) is 12.1 Å². The van der Waals surface area contributed by atoms with Crippen LogP contribution >= 0.6 is 11.6 Å². The predicted molar refractivity (Wildman–Crippen MR) is 148 cm³/mol. The number of anilines is 1. The lowest BCUT2D eigenvalue weighted by atomic mass is 9.88. The standard InChI is InChI=1S/C30H28ClF4N3O4/c1-36-10-12-37(13-11-36)17-19-4-3-5-20(14-19)27(39)42-18-38-25-15-21(30(33,34)35)6-8-23(25)29(32,28(38)40)24-16-22(31)7-9-26(24)41-2/h3-9,14-16H,10-13,17-18H2,1-2H3/t29-/m0/s1. The van der Waals surface area contributed by atoms with Crippen molar-refractivity contribution in [1.29, 1.82) is 0 Å². The number of fused-ring (bicyclic) bond motifs is 1. The lowest BCUT2D eigenvalue weighted by molar-refractivity contribution is -0.137. The number of hydrogen-bond donors (Lipinski definition) is 0. The highest BCUT2D eigenvalue weighted by Crippen LogP contribution is 2.51. The Morgan fingerprint density at radius 3 is 2.43 bits per heavy atom. The molecule has 0 aromatic heterocycles. The molecule has 0 radical (unpaired) electrons. The topological polar surface area (TPSA) is 62.3 Å². The Morgan fingerprint density at radius 1 is 1.00 bits per heavy atom. The highest BCUT2D eigenvalue weighted by molar-refractivity contribution is 6.30. The molecule has 2 heterocycles. The zero-order valence-corrected chi connectivity index (χ0v) is 23.6. The van der Waals surface area contributed by atoms with E-state index in [-0.39, 0.29) is 33.1 Å². The van der Waals surface area contributed by atoms with Crippen LogP contribution < -0.4 is 9.64 Å². The van der Waals surface area contributed by atoms with Crippen molar-refractivity contribution in [2.24, 2.45) is 0 Å². The minimum atomic E-state index is -4.76. The van der Waals surface area contributed by atoms with Crippen LogP contribution in [-0.4, -0.2) is 68.7 Å². The van der Waals surface area contributed by atoms with Crippen molar-refractivity contribution < 1.29 is 36.6 Å². The largest absolute Gasteiger partial charge is 0.496 e. The first-order chi connectivity index (χ1) is 19.9. The van der Waals surface area contributed by atoms with E-state index in [2.05, 4.69) is 16.8 Å². The molecule has 12 heteroatoms. The number of esters is 1. The Hall–Kier alpha value is -3.67. The van der Waals surface area contributed by atoms with E-state index in [4.69, 9.17) is 21.1 Å². The summed E-state index contributed by atoms with van der Waals surface area (Å²) in [5.41, 5.74) is -3.99. The van der Waals surface area contributed by atoms with Crippen LogP contribution in [0.1, 0.15) is 32.6 Å². The van der Waals surface area contributed by atoms with Gasteiger partial charge in [0.25, 0.3) is 5.91 Å². The van der Waals surface area contributed by atoms with Crippen LogP contribution in [0.25, 0.3) is 0 Å². The highest BCUT2D eigenvalue weighted by Gasteiger charge is 2.55. The van der Waals surface area contributed by atoms with Gasteiger partial charge in [-0.15, -0.1) is 0 Å². The third-order valence-electron chi connectivity index (χ3n) is 7.55. The average Bonchev–Trinajstić information content (AvgIpc) is 3.18. The molecule has 3 aromatic carbocycles. The number of hydrogen-bond acceptors (Lipinski definition) is 6. The fourth-order valence-electron chi connectivity index (χ4n) is 5.24. The van der Waals surface area contributed by atoms with Gasteiger partial charge in [0, 0.05) is 48.9 Å². The molecule has 1 atom stereocenters. The molecular weight excluding hydrogens is 578 g/mol. The van der Waals surface area contributed by atoms with E-state index in [9.17, 15) is 22.8 Å². The van der Waals surface area contributed by atoms with Crippen LogP contribution in [0.2, 0.25) is 5.02 Å². The summed E-state index contributed by atoms with van der Waals surface area (Å²) in [5.74, 6) is -2.08. The van der Waals surface area contributed by atoms with Crippen LogP contribution in [0.5, 0.6) is 5.75 Å². The van der Waals surface area contributed by atoms with Crippen molar-refractivity contribution in [3.63, 3.8) is 0 Å². The molecule has 1 saturated heterocycles. The number of piperazine rings is 1. The molecule has 2 aliphatic rings. The van der Waals surface area contributed by atoms with E-state index >= 15 is 4.39 Å². The quantitative estimate of drug-likeness (QED) is 0.262. The number of carbonyl (C=O) groups is 2. The van der Waals surface area contributed by atoms with Crippen molar-refractivity contribution in [3.05, 3.63) is 93.5 Å². The number of carbonyl (C=O) groups excluding carboxylic acids is 2. The van der Waals surface area contributed by atoms with Crippen LogP contribution in [0, 0.1) is 0 Å². The summed E-state index contributed by atoms with van der Waals surface area (Å²) in [6.45, 7) is 3.43. The van der Waals surface area contributed by atoms with Gasteiger partial charge in [0.2, 0.25) is 5.67 Å². The monoisotopic (exact) mass is 605 g/mol. The van der Waals surface area contributed by atoms with E-state index in [0.717, 1.165) is 37.8 Å². The van der Waals surface area contributed by atoms with Gasteiger partial charge in [-0.2, -0.15) is 13.2 Å². The van der Waals surface area contributed by atoms with Crippen molar-refractivity contribution in [3.8, 4) is 5.75 Å². The van der Waals surface area contributed by atoms with Crippen LogP contribution in [0.3, 0.4) is 0 Å². The third kappa shape index (κ3) is 5.68. The summed E-state index contributed by atoms with van der Waals surface area (Å²) >= 11 is 6.09. The maximum atomic E-state index is 16.9. The normalized spacial score (nSPS) is 19.6. The SMILES string of the molecule is COc1ccc(Cl)cc1[C@]1(F)C(=O)N(COC(=O)c2cccc(CN3CCN(C)CC3)c2)c2cc(C(F)(F)F)ccc21. The van der Waals surface area contributed by atoms with Crippen molar-refractivity contribution in [1.82, 2.24) is 9.80 Å². The molecule has 0 spiro atoms. The minimum absolute atomic E-state index is 0.0305. The second-order valence-electron chi connectivity index (χ2n) is 10.3. The lowest BCUT2D eigenvalue weighted by Crippen LogP contribution is -2.43. The van der Waals surface area contributed by atoms with Crippen LogP contribution in [0.15, 0.2) is 60.7 Å². The number of halogens is 5. The van der Waals surface area contributed by atoms with Crippen LogP contribution in [0.4, 0.5) is 23.2 Å². The maximum Gasteiger partial charge on any atom is 0.416 e. The van der Waals surface area contributed by atoms with Crippen molar-refractivity contribution in [2.75, 3.05) is 52.0 Å². The summed E-state index contributed by atoms with van der Waals surface area (Å²) in [6.07, 6.45) is -4.76. The van der Waals surface area contributed by atoms with E-state index < -0.39 is 36.0 Å². The molecule has 0 saturated carbocycles. The van der Waals surface area contributed by atoms with Gasteiger partial charge in [-0.1, -0.05) is 29.8 Å². The molecule has 0 N–H and O–H groups in total. The molecule has 42 heavy (non-hydrogen) atoms. The van der Waals surface area contributed by atoms with Gasteiger partial charge in [0.15, 0.2) is 6.73 Å². The van der Waals surface area contributed by atoms with Gasteiger partial charge in [-0.25, -0.2) is 9.18 Å². The molecule has 0 bridgehead atoms. The fourth-order valence-corrected chi connectivity index (χ4v) is 5.41. The van der Waals surface area contributed by atoms with Gasteiger partial charge in [-0.05, 0) is 55.1 Å². The zero-order chi connectivity index (χ0) is 30.2. The Kier molecular flexibility index (Phi) is 8.19. The predicted octanol–water partition coefficient (Wildman–Crippen LogP) is 5.49. The summed E-state index contributed by atoms with van der Waals surface area (Å²) in [4.78, 5) is 31.8. The number of methoxy groups -OCH3 is 1. The number of likely N-dealkylation sites (N-methyl/N-ethyl adjacent to an activating group) is 1. The van der Waals surface area contributed by atoms with Crippen LogP contribution in [-0.2, 0) is 27.9 Å². The number of ether oxygens (including phenoxy) is 2. The lowest BCUT2D eigenvalue weighted by Gasteiger charge is -2.32. The van der Waals surface area contributed by atoms with Gasteiger partial charge in [-0.3, -0.25) is 14.6 Å². The zero-order valence-electron chi connectivity index (χ0n) is 22.9. The number of rotatable bonds is 7. The summed E-state index contributed by atoms with van der Waals surface area (Å²) < 4.78 is 68.3. The smallest absolute Gasteiger partial charge is 0.416 e. The Morgan fingerprint density at radius 2 is 1.74 bits per heavy atom. The molecule has 0 aliphatic carbocycles. The second-order valence-corrected chi connectivity index (χ2v) is 10.7. The molecule has 1 amide bonds. The van der Waals surface area contributed by atoms with Gasteiger partial charge >= 0.3 is 12.1 Å². The van der Waals surface area contributed by atoms with Gasteiger partial charge in [0.05, 0.1) is 23.9 Å². The number of alkyl halides is 4. The maximum absolute atomic E-state index is 16.9. The first-order valence-corrected chi connectivity index (χ1v) is 13.5. The molecule has 0 unspecified atom stereocenters. The van der Waals surface area contributed by atoms with Gasteiger partial charge in [0.1, 0.15) is 5.75 Å². The molecule has 222 valence electrons. The Balaban J connectivity index is 1.42. The Labute approximate surface area is 245 Å². The summed E-state index contributed by atoms with van der Waals surface area (Å²) in [5, 5.41) is 0.0884. The molecule has 1 fully saturated rings. The van der Waals surface area contributed by atoms with E-state index in [1.807, 2.05) is 6.07 Å². The molecule has 7 nitrogen and oxygen atoms in total. The first-order valence-electron chi connectivity index (χ1n) is 13.2. The molecular formula is C30H28ClF4N3O4. The highest BCUT2D eigenvalue weighted by atomic mass is 35.5. The number of amides is 1.